The van der Waals surface area contributed by atoms with Crippen molar-refractivity contribution in [1.82, 2.24) is 15.3 Å². The molecule has 4 rings (SSSR count). The topological polar surface area (TPSA) is 57.8 Å². The minimum absolute atomic E-state index is 0.273. The fourth-order valence-electron chi connectivity index (χ4n) is 4.62. The van der Waals surface area contributed by atoms with Gasteiger partial charge in [0.1, 0.15) is 5.82 Å². The summed E-state index contributed by atoms with van der Waals surface area (Å²) in [5, 5.41) is 3.13. The van der Waals surface area contributed by atoms with Gasteiger partial charge in [-0.15, -0.1) is 0 Å². The van der Waals surface area contributed by atoms with Crippen LogP contribution in [0.5, 0.6) is 0 Å². The Bertz CT molecular complexity index is 673. The van der Waals surface area contributed by atoms with Crippen LogP contribution in [0.3, 0.4) is 0 Å². The van der Waals surface area contributed by atoms with E-state index in [0.29, 0.717) is 5.41 Å². The second-order valence-corrected chi connectivity index (χ2v) is 7.76. The summed E-state index contributed by atoms with van der Waals surface area (Å²) in [7, 11) is 0. The van der Waals surface area contributed by atoms with E-state index in [2.05, 4.69) is 15.3 Å². The summed E-state index contributed by atoms with van der Waals surface area (Å²) in [5.74, 6) is 1.56. The van der Waals surface area contributed by atoms with Crippen LogP contribution in [0, 0.1) is 11.3 Å². The minimum Gasteiger partial charge on any atom is -0.356 e. The third-order valence-corrected chi connectivity index (χ3v) is 5.97. The van der Waals surface area contributed by atoms with E-state index in [1.54, 1.807) is 0 Å². The Balaban J connectivity index is 1.18. The first-order valence-corrected chi connectivity index (χ1v) is 9.46. The van der Waals surface area contributed by atoms with E-state index < -0.39 is 0 Å². The lowest BCUT2D eigenvalue weighted by molar-refractivity contribution is -0.134. The number of aromatic amines is 1. The van der Waals surface area contributed by atoms with E-state index in [1.165, 1.54) is 32.1 Å². The Morgan fingerprint density at radius 1 is 1.21 bits per heavy atom. The number of rotatable bonds is 5. The molecule has 24 heavy (non-hydrogen) atoms. The number of carbonyl (C=O) groups excluding carboxylic acids is 1. The maximum atomic E-state index is 12.3. The van der Waals surface area contributed by atoms with Gasteiger partial charge in [0, 0.05) is 18.9 Å². The van der Waals surface area contributed by atoms with Gasteiger partial charge in [-0.25, -0.2) is 4.98 Å². The summed E-state index contributed by atoms with van der Waals surface area (Å²) >= 11 is 0. The Hall–Kier alpha value is -1.84. The lowest BCUT2D eigenvalue weighted by Gasteiger charge is -2.49. The molecule has 0 radical (unpaired) electrons. The lowest BCUT2D eigenvalue weighted by Crippen LogP contribution is -2.46. The third kappa shape index (κ3) is 3.19. The number of H-pyrrole nitrogens is 1. The molecule has 2 aliphatic carbocycles. The molecule has 0 bridgehead atoms. The predicted octanol–water partition coefficient (Wildman–Crippen LogP) is 3.97. The zero-order valence-corrected chi connectivity index (χ0v) is 14.3. The van der Waals surface area contributed by atoms with Crippen molar-refractivity contribution in [3.8, 4) is 0 Å². The summed E-state index contributed by atoms with van der Waals surface area (Å²) in [4.78, 5) is 20.2. The fraction of sp³-hybridized carbons (Fsp3) is 0.600. The van der Waals surface area contributed by atoms with Crippen LogP contribution in [0.25, 0.3) is 11.0 Å². The molecule has 128 valence electrons. The Kier molecular flexibility index (Phi) is 4.30. The summed E-state index contributed by atoms with van der Waals surface area (Å²) in [6, 6.07) is 8.09. The maximum absolute atomic E-state index is 12.3. The summed E-state index contributed by atoms with van der Waals surface area (Å²) in [5.41, 5.74) is 2.64. The first-order chi connectivity index (χ1) is 11.7. The van der Waals surface area contributed by atoms with Gasteiger partial charge in [0.2, 0.25) is 5.91 Å². The van der Waals surface area contributed by atoms with Crippen molar-refractivity contribution >= 4 is 16.9 Å². The van der Waals surface area contributed by atoms with E-state index in [9.17, 15) is 4.79 Å². The second-order valence-electron chi connectivity index (χ2n) is 7.76. The number of nitrogens with one attached hydrogen (secondary N) is 2. The standard InChI is InChI=1S/C20H27N3O/c24-19(15-13-20(14-15)10-4-1-5-11-20)21-12-6-9-18-22-16-7-2-3-8-17(16)23-18/h2-3,7-8,15H,1,4-6,9-14H2,(H,21,24)(H,22,23). The zero-order valence-electron chi connectivity index (χ0n) is 14.3. The zero-order chi connectivity index (χ0) is 16.4. The summed E-state index contributed by atoms with van der Waals surface area (Å²) in [6.45, 7) is 0.749. The van der Waals surface area contributed by atoms with Crippen molar-refractivity contribution in [2.45, 2.75) is 57.8 Å². The van der Waals surface area contributed by atoms with E-state index in [4.69, 9.17) is 0 Å². The van der Waals surface area contributed by atoms with Crippen LogP contribution in [0.1, 0.15) is 57.2 Å². The highest BCUT2D eigenvalue weighted by atomic mass is 16.1. The highest BCUT2D eigenvalue weighted by molar-refractivity contribution is 5.79. The molecule has 2 aromatic rings. The fourth-order valence-corrected chi connectivity index (χ4v) is 4.62. The van der Waals surface area contributed by atoms with Crippen molar-refractivity contribution in [2.75, 3.05) is 6.54 Å². The highest BCUT2D eigenvalue weighted by Gasteiger charge is 2.47. The number of hydrogen-bond acceptors (Lipinski definition) is 2. The predicted molar refractivity (Wildman–Crippen MR) is 95.7 cm³/mol. The molecule has 2 aliphatic rings. The van der Waals surface area contributed by atoms with Crippen LogP contribution < -0.4 is 5.32 Å². The first-order valence-electron chi connectivity index (χ1n) is 9.46. The highest BCUT2D eigenvalue weighted by Crippen LogP contribution is 2.54. The van der Waals surface area contributed by atoms with Gasteiger partial charge < -0.3 is 10.3 Å². The van der Waals surface area contributed by atoms with Crippen LogP contribution in [0.4, 0.5) is 0 Å². The van der Waals surface area contributed by atoms with Crippen LogP contribution in [-0.2, 0) is 11.2 Å². The molecule has 1 heterocycles. The number of aromatic nitrogens is 2. The number of amides is 1. The molecule has 4 nitrogen and oxygen atoms in total. The van der Waals surface area contributed by atoms with E-state index in [1.807, 2.05) is 24.3 Å². The number of benzene rings is 1. The van der Waals surface area contributed by atoms with Crippen LogP contribution in [0.2, 0.25) is 0 Å². The SMILES string of the molecule is O=C(NCCCc1nc2ccccc2[nH]1)C1CC2(CCCCC2)C1. The lowest BCUT2D eigenvalue weighted by atomic mass is 9.55. The molecular weight excluding hydrogens is 298 g/mol. The summed E-state index contributed by atoms with van der Waals surface area (Å²) < 4.78 is 0. The molecule has 1 aromatic heterocycles. The monoisotopic (exact) mass is 325 g/mol. The Labute approximate surface area is 143 Å². The number of fused-ring (bicyclic) bond motifs is 1. The van der Waals surface area contributed by atoms with Crippen molar-refractivity contribution in [2.24, 2.45) is 11.3 Å². The largest absolute Gasteiger partial charge is 0.356 e. The van der Waals surface area contributed by atoms with Gasteiger partial charge in [-0.05, 0) is 49.7 Å². The maximum Gasteiger partial charge on any atom is 0.223 e. The molecule has 2 N–H and O–H groups in total. The average molecular weight is 325 g/mol. The normalized spacial score (nSPS) is 20.2. The molecule has 4 heteroatoms. The molecule has 0 saturated heterocycles. The van der Waals surface area contributed by atoms with Crippen LogP contribution in [-0.4, -0.2) is 22.4 Å². The molecule has 2 fully saturated rings. The van der Waals surface area contributed by atoms with Crippen molar-refractivity contribution in [1.29, 1.82) is 0 Å². The molecule has 0 unspecified atom stereocenters. The van der Waals surface area contributed by atoms with Crippen LogP contribution >= 0.6 is 0 Å². The molecule has 0 atom stereocenters. The number of carbonyl (C=O) groups is 1. The third-order valence-electron chi connectivity index (χ3n) is 5.97. The number of aryl methyl sites for hydroxylation is 1. The number of nitrogens with zero attached hydrogens (tertiary/aromatic N) is 1. The minimum atomic E-state index is 0.273. The number of hydrogen-bond donors (Lipinski definition) is 2. The molecule has 1 aromatic carbocycles. The van der Waals surface area contributed by atoms with Crippen molar-refractivity contribution < 1.29 is 4.79 Å². The van der Waals surface area contributed by atoms with Gasteiger partial charge in [-0.1, -0.05) is 31.4 Å². The molecular formula is C20H27N3O. The molecule has 2 saturated carbocycles. The molecule has 0 aliphatic heterocycles. The number of imidazole rings is 1. The van der Waals surface area contributed by atoms with E-state index >= 15 is 0 Å². The van der Waals surface area contributed by atoms with Gasteiger partial charge in [-0.2, -0.15) is 0 Å². The number of para-hydroxylation sites is 2. The molecule has 1 amide bonds. The van der Waals surface area contributed by atoms with Gasteiger partial charge >= 0.3 is 0 Å². The smallest absolute Gasteiger partial charge is 0.223 e. The van der Waals surface area contributed by atoms with Crippen molar-refractivity contribution in [3.63, 3.8) is 0 Å². The van der Waals surface area contributed by atoms with Gasteiger partial charge in [-0.3, -0.25) is 4.79 Å². The van der Waals surface area contributed by atoms with Crippen LogP contribution in [0.15, 0.2) is 24.3 Å². The first kappa shape index (κ1) is 15.7. The quantitative estimate of drug-likeness (QED) is 0.817. The second kappa shape index (κ2) is 6.58. The molecule has 1 spiro atoms. The van der Waals surface area contributed by atoms with Gasteiger partial charge in [0.15, 0.2) is 0 Å². The summed E-state index contributed by atoms with van der Waals surface area (Å²) in [6.07, 6.45) is 10.9. The van der Waals surface area contributed by atoms with Crippen molar-refractivity contribution in [3.05, 3.63) is 30.1 Å². The Morgan fingerprint density at radius 3 is 2.79 bits per heavy atom. The average Bonchev–Trinajstić information content (AvgIpc) is 3.00. The Morgan fingerprint density at radius 2 is 2.00 bits per heavy atom. The van der Waals surface area contributed by atoms with Gasteiger partial charge in [0.25, 0.3) is 0 Å². The van der Waals surface area contributed by atoms with E-state index in [-0.39, 0.29) is 11.8 Å². The van der Waals surface area contributed by atoms with E-state index in [0.717, 1.165) is 49.1 Å². The van der Waals surface area contributed by atoms with Gasteiger partial charge in [0.05, 0.1) is 11.0 Å².